The van der Waals surface area contributed by atoms with Crippen molar-refractivity contribution in [3.05, 3.63) is 34.1 Å². The number of aromatic hydroxyl groups is 1. The third kappa shape index (κ3) is 3.02. The normalized spacial score (nSPS) is 11.3. The lowest BCUT2D eigenvalue weighted by molar-refractivity contribution is 0.413. The number of thiophene rings is 1. The fraction of sp³-hybridized carbons (Fsp3) is 0.0909. The largest absolute Gasteiger partial charge is 0.506 e. The standard InChI is InChI=1S/C11H10BrNO4S2/c1-17-7-2-3-10(14)9(6-7)13-19(15,16)11-8(12)4-5-18-11/h2-6,13-14H,1H3. The number of ether oxygens (including phenoxy) is 1. The number of phenolic OH excluding ortho intramolecular Hbond substituents is 1. The average Bonchev–Trinajstić information content (AvgIpc) is 2.79. The van der Waals surface area contributed by atoms with Gasteiger partial charge in [-0.15, -0.1) is 11.3 Å². The molecule has 0 bridgehead atoms. The fourth-order valence-electron chi connectivity index (χ4n) is 1.39. The van der Waals surface area contributed by atoms with Crippen LogP contribution in [0.2, 0.25) is 0 Å². The summed E-state index contributed by atoms with van der Waals surface area (Å²) >= 11 is 4.25. The smallest absolute Gasteiger partial charge is 0.272 e. The molecule has 0 atom stereocenters. The molecule has 0 aliphatic rings. The minimum Gasteiger partial charge on any atom is -0.506 e. The molecule has 2 aromatic rings. The fourth-order valence-corrected chi connectivity index (χ4v) is 4.79. The molecule has 0 aliphatic carbocycles. The zero-order chi connectivity index (χ0) is 14.0. The molecule has 2 rings (SSSR count). The van der Waals surface area contributed by atoms with Crippen LogP contribution in [-0.2, 0) is 10.0 Å². The van der Waals surface area contributed by atoms with Crippen LogP contribution in [0.3, 0.4) is 0 Å². The number of methoxy groups -OCH3 is 1. The lowest BCUT2D eigenvalue weighted by atomic mass is 10.3. The Kier molecular flexibility index (Phi) is 4.02. The van der Waals surface area contributed by atoms with Crippen molar-refractivity contribution < 1.29 is 18.3 Å². The Morgan fingerprint density at radius 3 is 2.68 bits per heavy atom. The van der Waals surface area contributed by atoms with E-state index in [1.54, 1.807) is 11.4 Å². The molecule has 0 saturated heterocycles. The molecular weight excluding hydrogens is 354 g/mol. The number of hydrogen-bond acceptors (Lipinski definition) is 5. The number of hydrogen-bond donors (Lipinski definition) is 2. The van der Waals surface area contributed by atoms with E-state index in [-0.39, 0.29) is 15.6 Å². The summed E-state index contributed by atoms with van der Waals surface area (Å²) in [6, 6.07) is 5.95. The maximum atomic E-state index is 12.2. The van der Waals surface area contributed by atoms with Crippen molar-refractivity contribution in [2.45, 2.75) is 4.21 Å². The molecule has 0 fully saturated rings. The second kappa shape index (κ2) is 5.40. The minimum absolute atomic E-state index is 0.0691. The van der Waals surface area contributed by atoms with Crippen molar-refractivity contribution in [1.29, 1.82) is 0 Å². The molecule has 0 unspecified atom stereocenters. The molecule has 1 aromatic heterocycles. The van der Waals surface area contributed by atoms with Gasteiger partial charge in [-0.25, -0.2) is 8.42 Å². The van der Waals surface area contributed by atoms with Gasteiger partial charge in [0.15, 0.2) is 4.21 Å². The number of sulfonamides is 1. The van der Waals surface area contributed by atoms with Gasteiger partial charge < -0.3 is 9.84 Å². The molecule has 5 nitrogen and oxygen atoms in total. The lowest BCUT2D eigenvalue weighted by Gasteiger charge is -2.10. The van der Waals surface area contributed by atoms with Crippen LogP contribution in [0.1, 0.15) is 0 Å². The number of anilines is 1. The first kappa shape index (κ1) is 14.2. The third-order valence-electron chi connectivity index (χ3n) is 2.28. The van der Waals surface area contributed by atoms with Crippen LogP contribution in [0.5, 0.6) is 11.5 Å². The molecular formula is C11H10BrNO4S2. The second-order valence-electron chi connectivity index (χ2n) is 3.54. The van der Waals surface area contributed by atoms with Gasteiger partial charge in [0.05, 0.1) is 12.8 Å². The van der Waals surface area contributed by atoms with Crippen LogP contribution in [0, 0.1) is 0 Å². The third-order valence-corrected chi connectivity index (χ3v) is 6.31. The first-order valence-electron chi connectivity index (χ1n) is 5.07. The maximum Gasteiger partial charge on any atom is 0.272 e. The number of nitrogens with one attached hydrogen (secondary N) is 1. The van der Waals surface area contributed by atoms with Crippen molar-refractivity contribution >= 4 is 43.0 Å². The Hall–Kier alpha value is -1.25. The van der Waals surface area contributed by atoms with Crippen LogP contribution < -0.4 is 9.46 Å². The Balaban J connectivity index is 2.38. The highest BCUT2D eigenvalue weighted by molar-refractivity contribution is 9.10. The van der Waals surface area contributed by atoms with Gasteiger partial charge in [-0.2, -0.15) is 0 Å². The first-order chi connectivity index (χ1) is 8.94. The van der Waals surface area contributed by atoms with Crippen LogP contribution in [0.4, 0.5) is 5.69 Å². The van der Waals surface area contributed by atoms with E-state index in [9.17, 15) is 13.5 Å². The monoisotopic (exact) mass is 363 g/mol. The number of rotatable bonds is 4. The van der Waals surface area contributed by atoms with Gasteiger partial charge in [-0.05, 0) is 39.5 Å². The van der Waals surface area contributed by atoms with E-state index in [1.165, 1.54) is 25.3 Å². The Morgan fingerprint density at radius 2 is 2.11 bits per heavy atom. The van der Waals surface area contributed by atoms with Crippen LogP contribution in [0.15, 0.2) is 38.3 Å². The van der Waals surface area contributed by atoms with Crippen molar-refractivity contribution in [1.82, 2.24) is 0 Å². The summed E-state index contributed by atoms with van der Waals surface area (Å²) in [4.78, 5) is 0. The van der Waals surface area contributed by atoms with E-state index < -0.39 is 10.0 Å². The van der Waals surface area contributed by atoms with Gasteiger partial charge in [0.2, 0.25) is 0 Å². The average molecular weight is 364 g/mol. The highest BCUT2D eigenvalue weighted by Crippen LogP contribution is 2.33. The summed E-state index contributed by atoms with van der Waals surface area (Å²) in [6.07, 6.45) is 0. The van der Waals surface area contributed by atoms with Gasteiger partial charge in [-0.3, -0.25) is 4.72 Å². The van der Waals surface area contributed by atoms with Gasteiger partial charge >= 0.3 is 0 Å². The van der Waals surface area contributed by atoms with E-state index in [2.05, 4.69) is 20.7 Å². The molecule has 8 heteroatoms. The quantitative estimate of drug-likeness (QED) is 0.818. The van der Waals surface area contributed by atoms with Crippen molar-refractivity contribution in [3.63, 3.8) is 0 Å². The predicted octanol–water partition coefficient (Wildman–Crippen LogP) is 3.03. The van der Waals surface area contributed by atoms with E-state index in [0.29, 0.717) is 10.2 Å². The number of phenols is 1. The molecule has 1 aromatic carbocycles. The maximum absolute atomic E-state index is 12.2. The van der Waals surface area contributed by atoms with Gasteiger partial charge in [0.25, 0.3) is 10.0 Å². The van der Waals surface area contributed by atoms with Crippen LogP contribution in [0.25, 0.3) is 0 Å². The summed E-state index contributed by atoms with van der Waals surface area (Å²) in [5.41, 5.74) is 0.0691. The molecule has 0 spiro atoms. The first-order valence-corrected chi connectivity index (χ1v) is 8.22. The minimum atomic E-state index is -3.74. The van der Waals surface area contributed by atoms with E-state index in [1.807, 2.05) is 0 Å². The topological polar surface area (TPSA) is 75.6 Å². The second-order valence-corrected chi connectivity index (χ2v) is 7.19. The summed E-state index contributed by atoms with van der Waals surface area (Å²) in [6.45, 7) is 0. The zero-order valence-corrected chi connectivity index (χ0v) is 13.0. The highest BCUT2D eigenvalue weighted by atomic mass is 79.9. The lowest BCUT2D eigenvalue weighted by Crippen LogP contribution is -2.12. The van der Waals surface area contributed by atoms with Crippen molar-refractivity contribution in [3.8, 4) is 11.5 Å². The zero-order valence-electron chi connectivity index (χ0n) is 9.75. The Morgan fingerprint density at radius 1 is 1.37 bits per heavy atom. The van der Waals surface area contributed by atoms with Crippen molar-refractivity contribution in [2.75, 3.05) is 11.8 Å². The van der Waals surface area contributed by atoms with Gasteiger partial charge in [0.1, 0.15) is 11.5 Å². The molecule has 19 heavy (non-hydrogen) atoms. The SMILES string of the molecule is COc1ccc(O)c(NS(=O)(=O)c2sccc2Br)c1. The van der Waals surface area contributed by atoms with Gasteiger partial charge in [-0.1, -0.05) is 0 Å². The summed E-state index contributed by atoms with van der Waals surface area (Å²) in [5.74, 6) is 0.276. The van der Waals surface area contributed by atoms with Gasteiger partial charge in [0, 0.05) is 10.5 Å². The summed E-state index contributed by atoms with van der Waals surface area (Å²) < 4.78 is 32.2. The number of halogens is 1. The van der Waals surface area contributed by atoms with Crippen LogP contribution in [-0.4, -0.2) is 20.6 Å². The molecule has 0 amide bonds. The Labute approximate surface area is 123 Å². The van der Waals surface area contributed by atoms with Crippen molar-refractivity contribution in [2.24, 2.45) is 0 Å². The predicted molar refractivity (Wildman–Crippen MR) is 77.5 cm³/mol. The molecule has 0 aliphatic heterocycles. The molecule has 2 N–H and O–H groups in total. The van der Waals surface area contributed by atoms with E-state index in [4.69, 9.17) is 4.74 Å². The molecule has 0 saturated carbocycles. The molecule has 1 heterocycles. The summed E-state index contributed by atoms with van der Waals surface area (Å²) in [7, 11) is -2.28. The van der Waals surface area contributed by atoms with Crippen LogP contribution >= 0.6 is 27.3 Å². The number of benzene rings is 1. The molecule has 102 valence electrons. The Bertz CT molecular complexity index is 696. The summed E-state index contributed by atoms with van der Waals surface area (Å²) in [5, 5.41) is 11.3. The molecule has 0 radical (unpaired) electrons. The van der Waals surface area contributed by atoms with E-state index >= 15 is 0 Å². The van der Waals surface area contributed by atoms with E-state index in [0.717, 1.165) is 11.3 Å². The highest BCUT2D eigenvalue weighted by Gasteiger charge is 2.20.